The lowest BCUT2D eigenvalue weighted by Crippen LogP contribution is -2.27. The predicted octanol–water partition coefficient (Wildman–Crippen LogP) is 2.83. The van der Waals surface area contributed by atoms with Crippen LogP contribution in [0.1, 0.15) is 38.6 Å². The van der Waals surface area contributed by atoms with Crippen molar-refractivity contribution in [1.29, 1.82) is 0 Å². The number of nitrogens with zero attached hydrogens (tertiary/aromatic N) is 4. The van der Waals surface area contributed by atoms with Gasteiger partial charge in [0.2, 0.25) is 0 Å². The zero-order valence-corrected chi connectivity index (χ0v) is 14.0. The molecule has 0 aliphatic rings. The number of rotatable bonds is 4. The maximum atomic E-state index is 12.5. The minimum Gasteiger partial charge on any atom is -0.345 e. The van der Waals surface area contributed by atoms with Crippen molar-refractivity contribution in [3.05, 3.63) is 57.9 Å². The Hall–Kier alpha value is -2.54. The Labute approximate surface area is 138 Å². The van der Waals surface area contributed by atoms with Gasteiger partial charge < -0.3 is 5.32 Å². The average molecular weight is 327 g/mol. The van der Waals surface area contributed by atoms with Gasteiger partial charge in [0.25, 0.3) is 5.91 Å². The van der Waals surface area contributed by atoms with Crippen LogP contribution in [0.15, 0.2) is 37.1 Å². The largest absolute Gasteiger partial charge is 0.345 e. The molecule has 3 aromatic heterocycles. The second-order valence-electron chi connectivity index (χ2n) is 5.31. The summed E-state index contributed by atoms with van der Waals surface area (Å²) in [6, 6.07) is 5.46. The summed E-state index contributed by atoms with van der Waals surface area (Å²) in [7, 11) is 0. The maximum absolute atomic E-state index is 12.5. The minimum atomic E-state index is -0.135. The van der Waals surface area contributed by atoms with E-state index in [1.165, 1.54) is 20.8 Å². The topological polar surface area (TPSA) is 72.7 Å². The van der Waals surface area contributed by atoms with E-state index in [2.05, 4.69) is 40.3 Å². The third kappa shape index (κ3) is 3.29. The standard InChI is InChI=1S/C16H17N5OS/c1-10-6-14(12(3)23-10)11(2)20-16(22)13-4-5-18-15(7-13)21-9-17-8-19-21/h4-9,11H,1-3H3,(H,20,22). The fourth-order valence-electron chi connectivity index (χ4n) is 2.45. The van der Waals surface area contributed by atoms with Crippen LogP contribution in [0.4, 0.5) is 0 Å². The number of carbonyl (C=O) groups is 1. The molecule has 0 aromatic carbocycles. The molecule has 0 saturated carbocycles. The van der Waals surface area contributed by atoms with Gasteiger partial charge in [0, 0.05) is 21.5 Å². The van der Waals surface area contributed by atoms with Crippen LogP contribution in [0, 0.1) is 13.8 Å². The van der Waals surface area contributed by atoms with E-state index in [9.17, 15) is 4.79 Å². The summed E-state index contributed by atoms with van der Waals surface area (Å²) in [5, 5.41) is 7.06. The van der Waals surface area contributed by atoms with Gasteiger partial charge in [-0.05, 0) is 44.5 Å². The summed E-state index contributed by atoms with van der Waals surface area (Å²) in [5.74, 6) is 0.426. The summed E-state index contributed by atoms with van der Waals surface area (Å²) >= 11 is 1.74. The number of hydrogen-bond acceptors (Lipinski definition) is 5. The molecule has 0 aliphatic heterocycles. The number of hydrogen-bond donors (Lipinski definition) is 1. The molecule has 6 nitrogen and oxygen atoms in total. The van der Waals surface area contributed by atoms with Crippen LogP contribution >= 0.6 is 11.3 Å². The minimum absolute atomic E-state index is 0.0459. The average Bonchev–Trinajstić information content (AvgIpc) is 3.17. The first-order chi connectivity index (χ1) is 11.0. The number of carbonyl (C=O) groups excluding carboxylic acids is 1. The molecule has 0 bridgehead atoms. The molecule has 118 valence electrons. The van der Waals surface area contributed by atoms with Gasteiger partial charge in [-0.2, -0.15) is 5.10 Å². The maximum Gasteiger partial charge on any atom is 0.251 e. The van der Waals surface area contributed by atoms with Crippen molar-refractivity contribution in [3.8, 4) is 5.82 Å². The highest BCUT2D eigenvalue weighted by Gasteiger charge is 2.15. The third-order valence-corrected chi connectivity index (χ3v) is 4.54. The molecule has 0 radical (unpaired) electrons. The van der Waals surface area contributed by atoms with Crippen LogP contribution < -0.4 is 5.32 Å². The highest BCUT2D eigenvalue weighted by atomic mass is 32.1. The lowest BCUT2D eigenvalue weighted by atomic mass is 10.1. The normalized spacial score (nSPS) is 12.1. The Morgan fingerprint density at radius 1 is 1.35 bits per heavy atom. The molecule has 0 spiro atoms. The van der Waals surface area contributed by atoms with Gasteiger partial charge in [0.05, 0.1) is 6.04 Å². The molecule has 0 saturated heterocycles. The van der Waals surface area contributed by atoms with Crippen molar-refractivity contribution in [1.82, 2.24) is 25.1 Å². The van der Waals surface area contributed by atoms with E-state index in [0.717, 1.165) is 5.56 Å². The van der Waals surface area contributed by atoms with E-state index in [4.69, 9.17) is 0 Å². The molecule has 1 atom stereocenters. The van der Waals surface area contributed by atoms with Crippen LogP contribution in [0.5, 0.6) is 0 Å². The smallest absolute Gasteiger partial charge is 0.251 e. The quantitative estimate of drug-likeness (QED) is 0.800. The fourth-order valence-corrected chi connectivity index (χ4v) is 3.47. The zero-order chi connectivity index (χ0) is 16.4. The van der Waals surface area contributed by atoms with Gasteiger partial charge in [0.15, 0.2) is 5.82 Å². The molecular formula is C16H17N5OS. The molecule has 7 heteroatoms. The van der Waals surface area contributed by atoms with E-state index >= 15 is 0 Å². The highest BCUT2D eigenvalue weighted by Crippen LogP contribution is 2.26. The first kappa shape index (κ1) is 15.4. The van der Waals surface area contributed by atoms with Gasteiger partial charge >= 0.3 is 0 Å². The Morgan fingerprint density at radius 2 is 2.17 bits per heavy atom. The molecule has 0 aliphatic carbocycles. The summed E-state index contributed by atoms with van der Waals surface area (Å²) in [6.45, 7) is 6.14. The summed E-state index contributed by atoms with van der Waals surface area (Å²) in [4.78, 5) is 23.1. The molecule has 3 heterocycles. The monoisotopic (exact) mass is 327 g/mol. The first-order valence-electron chi connectivity index (χ1n) is 7.23. The Kier molecular flexibility index (Phi) is 4.20. The molecule has 23 heavy (non-hydrogen) atoms. The lowest BCUT2D eigenvalue weighted by molar-refractivity contribution is 0.0939. The molecule has 3 rings (SSSR count). The van der Waals surface area contributed by atoms with Gasteiger partial charge in [-0.25, -0.2) is 14.6 Å². The van der Waals surface area contributed by atoms with Crippen molar-refractivity contribution in [3.63, 3.8) is 0 Å². The van der Waals surface area contributed by atoms with Crippen LogP contribution in [0.2, 0.25) is 0 Å². The second-order valence-corrected chi connectivity index (χ2v) is 6.77. The summed E-state index contributed by atoms with van der Waals surface area (Å²) in [6.07, 6.45) is 4.57. The van der Waals surface area contributed by atoms with E-state index in [1.54, 1.807) is 36.0 Å². The number of aromatic nitrogens is 4. The first-order valence-corrected chi connectivity index (χ1v) is 8.05. The van der Waals surface area contributed by atoms with Crippen LogP contribution in [0.3, 0.4) is 0 Å². The number of nitrogens with one attached hydrogen (secondary N) is 1. The van der Waals surface area contributed by atoms with E-state index in [0.29, 0.717) is 11.4 Å². The van der Waals surface area contributed by atoms with Crippen LogP contribution in [0.25, 0.3) is 5.82 Å². The molecule has 1 amide bonds. The van der Waals surface area contributed by atoms with Crippen molar-refractivity contribution >= 4 is 17.2 Å². The number of thiophene rings is 1. The molecular weight excluding hydrogens is 310 g/mol. The Bertz CT molecular complexity index is 825. The van der Waals surface area contributed by atoms with Crippen molar-refractivity contribution in [2.24, 2.45) is 0 Å². The third-order valence-electron chi connectivity index (χ3n) is 3.55. The lowest BCUT2D eigenvalue weighted by Gasteiger charge is -2.14. The van der Waals surface area contributed by atoms with Crippen molar-refractivity contribution in [2.75, 3.05) is 0 Å². The van der Waals surface area contributed by atoms with E-state index < -0.39 is 0 Å². The number of aryl methyl sites for hydroxylation is 2. The second kappa shape index (κ2) is 6.29. The van der Waals surface area contributed by atoms with Crippen LogP contribution in [-0.4, -0.2) is 25.7 Å². The molecule has 0 fully saturated rings. The van der Waals surface area contributed by atoms with Crippen LogP contribution in [-0.2, 0) is 0 Å². The van der Waals surface area contributed by atoms with Gasteiger partial charge in [0.1, 0.15) is 12.7 Å². The molecule has 3 aromatic rings. The molecule has 1 unspecified atom stereocenters. The number of amides is 1. The Balaban J connectivity index is 1.78. The summed E-state index contributed by atoms with van der Waals surface area (Å²) in [5.41, 5.74) is 1.70. The fraction of sp³-hybridized carbons (Fsp3) is 0.250. The van der Waals surface area contributed by atoms with Gasteiger partial charge in [-0.3, -0.25) is 4.79 Å². The number of pyridine rings is 1. The van der Waals surface area contributed by atoms with Gasteiger partial charge in [-0.1, -0.05) is 0 Å². The molecule has 1 N–H and O–H groups in total. The summed E-state index contributed by atoms with van der Waals surface area (Å²) < 4.78 is 1.52. The van der Waals surface area contributed by atoms with E-state index in [-0.39, 0.29) is 11.9 Å². The van der Waals surface area contributed by atoms with Crippen molar-refractivity contribution < 1.29 is 4.79 Å². The van der Waals surface area contributed by atoms with Gasteiger partial charge in [-0.15, -0.1) is 11.3 Å². The predicted molar refractivity (Wildman–Crippen MR) is 88.8 cm³/mol. The van der Waals surface area contributed by atoms with Crippen molar-refractivity contribution in [2.45, 2.75) is 26.8 Å². The highest BCUT2D eigenvalue weighted by molar-refractivity contribution is 7.12. The Morgan fingerprint density at radius 3 is 2.83 bits per heavy atom. The SMILES string of the molecule is Cc1cc(C(C)NC(=O)c2ccnc(-n3cncn3)c2)c(C)s1. The zero-order valence-electron chi connectivity index (χ0n) is 13.1. The van der Waals surface area contributed by atoms with E-state index in [1.807, 2.05) is 6.92 Å².